The van der Waals surface area contributed by atoms with Crippen LogP contribution in [0.2, 0.25) is 0 Å². The highest BCUT2D eigenvalue weighted by atomic mass is 32.2. The Hall–Kier alpha value is -0.130. The molecule has 0 spiro atoms. The summed E-state index contributed by atoms with van der Waals surface area (Å²) >= 11 is 0. The van der Waals surface area contributed by atoms with Crippen molar-refractivity contribution in [3.8, 4) is 0 Å². The zero-order valence-corrected chi connectivity index (χ0v) is 8.39. The summed E-state index contributed by atoms with van der Waals surface area (Å²) in [5.74, 6) is 0. The summed E-state index contributed by atoms with van der Waals surface area (Å²) in [4.78, 5) is 0. The van der Waals surface area contributed by atoms with Crippen LogP contribution in [0.4, 0.5) is 0 Å². The molecular formula is C7H16N2O2S. The van der Waals surface area contributed by atoms with E-state index in [0.717, 1.165) is 12.8 Å². The second-order valence-electron chi connectivity index (χ2n) is 3.22. The predicted octanol–water partition coefficient (Wildman–Crippen LogP) is -0.370. The molecule has 1 heterocycles. The SMILES string of the molecule is CNC1CCN(S(C)(=O)=O)CC1. The number of hydrogen-bond acceptors (Lipinski definition) is 3. The molecule has 72 valence electrons. The van der Waals surface area contributed by atoms with Gasteiger partial charge in [-0.2, -0.15) is 0 Å². The zero-order chi connectivity index (χ0) is 9.19. The molecule has 0 aromatic heterocycles. The molecule has 0 amide bonds. The van der Waals surface area contributed by atoms with Crippen molar-refractivity contribution in [2.24, 2.45) is 0 Å². The second-order valence-corrected chi connectivity index (χ2v) is 5.21. The standard InChI is InChI=1S/C7H16N2O2S/c1-8-7-3-5-9(6-4-7)12(2,10)11/h7-8H,3-6H2,1-2H3. The Bertz CT molecular complexity index is 230. The fourth-order valence-electron chi connectivity index (χ4n) is 1.48. The average Bonchev–Trinajstić information content (AvgIpc) is 2.03. The number of nitrogens with zero attached hydrogens (tertiary/aromatic N) is 1. The van der Waals surface area contributed by atoms with E-state index in [1.54, 1.807) is 4.31 Å². The smallest absolute Gasteiger partial charge is 0.211 e. The van der Waals surface area contributed by atoms with Gasteiger partial charge in [0.15, 0.2) is 0 Å². The normalized spacial score (nSPS) is 22.8. The van der Waals surface area contributed by atoms with Crippen LogP contribution in [0.1, 0.15) is 12.8 Å². The lowest BCUT2D eigenvalue weighted by atomic mass is 10.1. The molecule has 0 radical (unpaired) electrons. The van der Waals surface area contributed by atoms with E-state index >= 15 is 0 Å². The zero-order valence-electron chi connectivity index (χ0n) is 7.58. The van der Waals surface area contributed by atoms with Gasteiger partial charge in [0.1, 0.15) is 0 Å². The highest BCUT2D eigenvalue weighted by Crippen LogP contribution is 2.12. The van der Waals surface area contributed by atoms with Crippen molar-refractivity contribution >= 4 is 10.0 Å². The number of hydrogen-bond donors (Lipinski definition) is 1. The average molecular weight is 192 g/mol. The first-order valence-corrected chi connectivity index (χ1v) is 6.01. The van der Waals surface area contributed by atoms with Gasteiger partial charge >= 0.3 is 0 Å². The molecule has 5 heteroatoms. The summed E-state index contributed by atoms with van der Waals surface area (Å²) in [7, 11) is -1.03. The van der Waals surface area contributed by atoms with Crippen molar-refractivity contribution in [2.75, 3.05) is 26.4 Å². The van der Waals surface area contributed by atoms with E-state index in [0.29, 0.717) is 19.1 Å². The number of piperidine rings is 1. The van der Waals surface area contributed by atoms with Crippen LogP contribution < -0.4 is 5.32 Å². The summed E-state index contributed by atoms with van der Waals surface area (Å²) in [5, 5.41) is 3.15. The minimum atomic E-state index is -2.95. The molecule has 1 N–H and O–H groups in total. The second kappa shape index (κ2) is 3.72. The minimum absolute atomic E-state index is 0.489. The van der Waals surface area contributed by atoms with Crippen LogP contribution >= 0.6 is 0 Å². The molecule has 1 aliphatic heterocycles. The van der Waals surface area contributed by atoms with Gasteiger partial charge in [-0.1, -0.05) is 0 Å². The van der Waals surface area contributed by atoms with Gasteiger partial charge in [0.25, 0.3) is 0 Å². The Morgan fingerprint density at radius 1 is 1.33 bits per heavy atom. The Morgan fingerprint density at radius 2 is 1.83 bits per heavy atom. The van der Waals surface area contributed by atoms with E-state index < -0.39 is 10.0 Å². The lowest BCUT2D eigenvalue weighted by molar-refractivity contribution is 0.300. The van der Waals surface area contributed by atoms with Crippen molar-refractivity contribution < 1.29 is 8.42 Å². The van der Waals surface area contributed by atoms with E-state index in [4.69, 9.17) is 0 Å². The minimum Gasteiger partial charge on any atom is -0.317 e. The lowest BCUT2D eigenvalue weighted by Crippen LogP contribution is -2.43. The molecule has 12 heavy (non-hydrogen) atoms. The fraction of sp³-hybridized carbons (Fsp3) is 1.00. The van der Waals surface area contributed by atoms with Crippen molar-refractivity contribution in [1.82, 2.24) is 9.62 Å². The van der Waals surface area contributed by atoms with E-state index in [1.165, 1.54) is 6.26 Å². The topological polar surface area (TPSA) is 49.4 Å². The Balaban J connectivity index is 2.47. The maximum absolute atomic E-state index is 11.1. The van der Waals surface area contributed by atoms with E-state index in [1.807, 2.05) is 7.05 Å². The Kier molecular flexibility index (Phi) is 3.09. The van der Waals surface area contributed by atoms with Crippen molar-refractivity contribution in [3.63, 3.8) is 0 Å². The third-order valence-electron chi connectivity index (χ3n) is 2.33. The lowest BCUT2D eigenvalue weighted by Gasteiger charge is -2.29. The van der Waals surface area contributed by atoms with E-state index in [-0.39, 0.29) is 0 Å². The predicted molar refractivity (Wildman–Crippen MR) is 48.5 cm³/mol. The molecule has 1 saturated heterocycles. The van der Waals surface area contributed by atoms with Gasteiger partial charge in [0.05, 0.1) is 6.26 Å². The van der Waals surface area contributed by atoms with Gasteiger partial charge in [-0.3, -0.25) is 0 Å². The fourth-order valence-corrected chi connectivity index (χ4v) is 2.35. The molecule has 0 saturated carbocycles. The van der Waals surface area contributed by atoms with Crippen LogP contribution in [-0.2, 0) is 10.0 Å². The first kappa shape index (κ1) is 9.95. The van der Waals surface area contributed by atoms with Gasteiger partial charge in [-0.25, -0.2) is 12.7 Å². The van der Waals surface area contributed by atoms with Crippen molar-refractivity contribution in [3.05, 3.63) is 0 Å². The third kappa shape index (κ3) is 2.43. The number of sulfonamides is 1. The van der Waals surface area contributed by atoms with Gasteiger partial charge in [0, 0.05) is 19.1 Å². The van der Waals surface area contributed by atoms with Gasteiger partial charge < -0.3 is 5.32 Å². The summed E-state index contributed by atoms with van der Waals surface area (Å²) in [5.41, 5.74) is 0. The molecule has 1 aliphatic rings. The molecule has 0 aromatic carbocycles. The first-order valence-electron chi connectivity index (χ1n) is 4.16. The number of rotatable bonds is 2. The van der Waals surface area contributed by atoms with Gasteiger partial charge in [-0.15, -0.1) is 0 Å². The molecule has 0 aliphatic carbocycles. The summed E-state index contributed by atoms with van der Waals surface area (Å²) in [6, 6.07) is 0.489. The summed E-state index contributed by atoms with van der Waals surface area (Å²) in [6.07, 6.45) is 3.11. The van der Waals surface area contributed by atoms with Gasteiger partial charge in [-0.05, 0) is 19.9 Å². The van der Waals surface area contributed by atoms with Crippen LogP contribution in [-0.4, -0.2) is 45.2 Å². The third-order valence-corrected chi connectivity index (χ3v) is 3.63. The van der Waals surface area contributed by atoms with Crippen LogP contribution in [0.3, 0.4) is 0 Å². The van der Waals surface area contributed by atoms with Crippen LogP contribution in [0.5, 0.6) is 0 Å². The van der Waals surface area contributed by atoms with Crippen molar-refractivity contribution in [1.29, 1.82) is 0 Å². The highest BCUT2D eigenvalue weighted by Gasteiger charge is 2.23. The molecule has 1 rings (SSSR count). The van der Waals surface area contributed by atoms with Crippen LogP contribution in [0.25, 0.3) is 0 Å². The van der Waals surface area contributed by atoms with E-state index in [9.17, 15) is 8.42 Å². The molecule has 0 aromatic rings. The summed E-state index contributed by atoms with van der Waals surface area (Å²) in [6.45, 7) is 1.31. The maximum Gasteiger partial charge on any atom is 0.211 e. The first-order chi connectivity index (χ1) is 5.54. The molecule has 0 bridgehead atoms. The van der Waals surface area contributed by atoms with Crippen LogP contribution in [0.15, 0.2) is 0 Å². The Labute approximate surface area is 74.0 Å². The molecule has 0 unspecified atom stereocenters. The number of nitrogens with one attached hydrogen (secondary N) is 1. The summed E-state index contributed by atoms with van der Waals surface area (Å²) < 4.78 is 23.7. The maximum atomic E-state index is 11.1. The molecular weight excluding hydrogens is 176 g/mol. The van der Waals surface area contributed by atoms with Crippen molar-refractivity contribution in [2.45, 2.75) is 18.9 Å². The van der Waals surface area contributed by atoms with Gasteiger partial charge in [0.2, 0.25) is 10.0 Å². The Morgan fingerprint density at radius 3 is 2.17 bits per heavy atom. The molecule has 0 atom stereocenters. The highest BCUT2D eigenvalue weighted by molar-refractivity contribution is 7.88. The molecule has 4 nitrogen and oxygen atoms in total. The van der Waals surface area contributed by atoms with E-state index in [2.05, 4.69) is 5.32 Å². The largest absolute Gasteiger partial charge is 0.317 e. The quantitative estimate of drug-likeness (QED) is 0.649. The molecule has 1 fully saturated rings. The monoisotopic (exact) mass is 192 g/mol. The van der Waals surface area contributed by atoms with Crippen LogP contribution in [0, 0.1) is 0 Å².